The maximum Gasteiger partial charge on any atom is 0.295 e. The molecule has 0 saturated heterocycles. The summed E-state index contributed by atoms with van der Waals surface area (Å²) in [5.74, 6) is 4.50. The Kier molecular flexibility index (Phi) is 6.58. The third-order valence-corrected chi connectivity index (χ3v) is 2.46. The van der Waals surface area contributed by atoms with E-state index in [1.807, 2.05) is 24.1 Å². The summed E-state index contributed by atoms with van der Waals surface area (Å²) >= 11 is 0. The van der Waals surface area contributed by atoms with Crippen LogP contribution < -0.4 is 5.32 Å². The fraction of sp³-hybridized carbons (Fsp3) is 0.429. The van der Waals surface area contributed by atoms with Gasteiger partial charge in [0.25, 0.3) is 5.91 Å². The van der Waals surface area contributed by atoms with Crippen molar-refractivity contribution < 1.29 is 9.90 Å². The fourth-order valence-corrected chi connectivity index (χ4v) is 1.66. The standard InChI is InChI=1S/C14H19N3O2/c1-3-4-14(19)16-9-13(18)11-17(2)10-12-5-7-15-8-6-12/h5-8,13,18H,9-11H2,1-2H3,(H,16,19). The minimum Gasteiger partial charge on any atom is -0.390 e. The average molecular weight is 261 g/mol. The molecule has 0 spiro atoms. The Balaban J connectivity index is 2.29. The Labute approximate surface area is 113 Å². The third kappa shape index (κ3) is 6.55. The SMILES string of the molecule is CC#CC(=O)NCC(O)CN(C)Cc1ccncc1. The summed E-state index contributed by atoms with van der Waals surface area (Å²) in [6, 6.07) is 3.86. The molecule has 1 unspecified atom stereocenters. The van der Waals surface area contributed by atoms with Gasteiger partial charge >= 0.3 is 0 Å². The number of aliphatic hydroxyl groups excluding tert-OH is 1. The van der Waals surface area contributed by atoms with Crippen molar-refractivity contribution in [2.75, 3.05) is 20.1 Å². The first-order valence-electron chi connectivity index (χ1n) is 6.08. The fourth-order valence-electron chi connectivity index (χ4n) is 1.66. The highest BCUT2D eigenvalue weighted by Gasteiger charge is 2.09. The molecule has 0 saturated carbocycles. The van der Waals surface area contributed by atoms with Crippen molar-refractivity contribution in [2.45, 2.75) is 19.6 Å². The van der Waals surface area contributed by atoms with Crippen molar-refractivity contribution in [1.29, 1.82) is 0 Å². The second-order valence-corrected chi connectivity index (χ2v) is 4.29. The topological polar surface area (TPSA) is 65.5 Å². The molecule has 2 N–H and O–H groups in total. The first-order chi connectivity index (χ1) is 9.11. The predicted octanol–water partition coefficient (Wildman–Crippen LogP) is 0.0138. The van der Waals surface area contributed by atoms with Gasteiger partial charge in [0.1, 0.15) is 0 Å². The summed E-state index contributed by atoms with van der Waals surface area (Å²) < 4.78 is 0. The maximum atomic E-state index is 11.1. The molecular weight excluding hydrogens is 242 g/mol. The van der Waals surface area contributed by atoms with Gasteiger partial charge in [-0.2, -0.15) is 0 Å². The van der Waals surface area contributed by atoms with E-state index in [1.165, 1.54) is 0 Å². The number of carbonyl (C=O) groups is 1. The van der Waals surface area contributed by atoms with E-state index in [9.17, 15) is 9.90 Å². The molecule has 1 rings (SSSR count). The molecule has 5 nitrogen and oxygen atoms in total. The van der Waals surface area contributed by atoms with E-state index >= 15 is 0 Å². The second kappa shape index (κ2) is 8.25. The smallest absolute Gasteiger partial charge is 0.295 e. The molecule has 0 aliphatic carbocycles. The molecule has 1 atom stereocenters. The number of hydrogen-bond acceptors (Lipinski definition) is 4. The summed E-state index contributed by atoms with van der Waals surface area (Å²) in [7, 11) is 1.91. The molecule has 0 aliphatic heterocycles. The van der Waals surface area contributed by atoms with Gasteiger partial charge in [-0.1, -0.05) is 5.92 Å². The molecule has 0 bridgehead atoms. The number of pyridine rings is 1. The molecule has 0 radical (unpaired) electrons. The molecule has 0 fully saturated rings. The third-order valence-electron chi connectivity index (χ3n) is 2.46. The monoisotopic (exact) mass is 261 g/mol. The molecule has 1 amide bonds. The summed E-state index contributed by atoms with van der Waals surface area (Å²) in [5, 5.41) is 12.4. The summed E-state index contributed by atoms with van der Waals surface area (Å²) in [6.45, 7) is 3.00. The van der Waals surface area contributed by atoms with Crippen LogP contribution in [-0.4, -0.2) is 47.1 Å². The highest BCUT2D eigenvalue weighted by Crippen LogP contribution is 2.01. The lowest BCUT2D eigenvalue weighted by atomic mass is 10.2. The highest BCUT2D eigenvalue weighted by molar-refractivity contribution is 5.93. The van der Waals surface area contributed by atoms with Crippen molar-refractivity contribution in [3.63, 3.8) is 0 Å². The van der Waals surface area contributed by atoms with Crippen LogP contribution in [-0.2, 0) is 11.3 Å². The van der Waals surface area contributed by atoms with Crippen LogP contribution >= 0.6 is 0 Å². The quantitative estimate of drug-likeness (QED) is 0.708. The lowest BCUT2D eigenvalue weighted by molar-refractivity contribution is -0.116. The lowest BCUT2D eigenvalue weighted by Crippen LogP contribution is -2.38. The maximum absolute atomic E-state index is 11.1. The number of amides is 1. The van der Waals surface area contributed by atoms with Crippen LogP contribution in [0.1, 0.15) is 12.5 Å². The van der Waals surface area contributed by atoms with E-state index in [1.54, 1.807) is 19.3 Å². The molecule has 0 aromatic carbocycles. The number of rotatable bonds is 6. The van der Waals surface area contributed by atoms with Gasteiger partial charge in [-0.05, 0) is 37.6 Å². The van der Waals surface area contributed by atoms with E-state index in [0.29, 0.717) is 6.54 Å². The molecule has 1 aromatic rings. The van der Waals surface area contributed by atoms with Crippen LogP contribution in [0, 0.1) is 11.8 Å². The van der Waals surface area contributed by atoms with Crippen molar-refractivity contribution in [1.82, 2.24) is 15.2 Å². The largest absolute Gasteiger partial charge is 0.390 e. The van der Waals surface area contributed by atoms with Gasteiger partial charge in [-0.3, -0.25) is 14.7 Å². The Morgan fingerprint density at radius 3 is 2.84 bits per heavy atom. The van der Waals surface area contributed by atoms with Gasteiger partial charge in [0.05, 0.1) is 6.10 Å². The van der Waals surface area contributed by atoms with Crippen LogP contribution in [0.15, 0.2) is 24.5 Å². The van der Waals surface area contributed by atoms with Crippen molar-refractivity contribution >= 4 is 5.91 Å². The number of aromatic nitrogens is 1. The van der Waals surface area contributed by atoms with Crippen molar-refractivity contribution in [2.24, 2.45) is 0 Å². The highest BCUT2D eigenvalue weighted by atomic mass is 16.3. The van der Waals surface area contributed by atoms with E-state index in [4.69, 9.17) is 0 Å². The van der Waals surface area contributed by atoms with Crippen molar-refractivity contribution in [3.8, 4) is 11.8 Å². The van der Waals surface area contributed by atoms with E-state index in [0.717, 1.165) is 12.1 Å². The molecule has 19 heavy (non-hydrogen) atoms. The van der Waals surface area contributed by atoms with Crippen LogP contribution in [0.4, 0.5) is 0 Å². The number of nitrogens with one attached hydrogen (secondary N) is 1. The molecule has 0 aliphatic rings. The predicted molar refractivity (Wildman–Crippen MR) is 73.0 cm³/mol. The van der Waals surface area contributed by atoms with Gasteiger partial charge in [0, 0.05) is 32.0 Å². The van der Waals surface area contributed by atoms with Gasteiger partial charge in [-0.15, -0.1) is 0 Å². The molecular formula is C14H19N3O2. The number of aliphatic hydroxyl groups is 1. The lowest BCUT2D eigenvalue weighted by Gasteiger charge is -2.20. The zero-order valence-electron chi connectivity index (χ0n) is 11.3. The van der Waals surface area contributed by atoms with Crippen LogP contribution in [0.2, 0.25) is 0 Å². The second-order valence-electron chi connectivity index (χ2n) is 4.29. The Morgan fingerprint density at radius 2 is 2.21 bits per heavy atom. The Morgan fingerprint density at radius 1 is 1.53 bits per heavy atom. The van der Waals surface area contributed by atoms with E-state index < -0.39 is 6.10 Å². The summed E-state index contributed by atoms with van der Waals surface area (Å²) in [6.07, 6.45) is 2.86. The van der Waals surface area contributed by atoms with Gasteiger partial charge in [0.15, 0.2) is 0 Å². The van der Waals surface area contributed by atoms with E-state index in [-0.39, 0.29) is 12.5 Å². The first-order valence-corrected chi connectivity index (χ1v) is 6.08. The van der Waals surface area contributed by atoms with Gasteiger partial charge in [0.2, 0.25) is 0 Å². The molecule has 1 aromatic heterocycles. The number of nitrogens with zero attached hydrogens (tertiary/aromatic N) is 2. The average Bonchev–Trinajstić information content (AvgIpc) is 2.38. The summed E-state index contributed by atoms with van der Waals surface area (Å²) in [4.78, 5) is 17.0. The Bertz CT molecular complexity index is 451. The van der Waals surface area contributed by atoms with E-state index in [2.05, 4.69) is 22.1 Å². The summed E-state index contributed by atoms with van der Waals surface area (Å²) in [5.41, 5.74) is 1.13. The minimum absolute atomic E-state index is 0.203. The molecule has 1 heterocycles. The Hall–Kier alpha value is -1.90. The van der Waals surface area contributed by atoms with Crippen molar-refractivity contribution in [3.05, 3.63) is 30.1 Å². The van der Waals surface area contributed by atoms with Crippen LogP contribution in [0.5, 0.6) is 0 Å². The number of carbonyl (C=O) groups excluding carboxylic acids is 1. The molecule has 5 heteroatoms. The van der Waals surface area contributed by atoms with Gasteiger partial charge < -0.3 is 10.4 Å². The zero-order valence-corrected chi connectivity index (χ0v) is 11.3. The normalized spacial score (nSPS) is 11.6. The minimum atomic E-state index is -0.616. The number of likely N-dealkylation sites (N-methyl/N-ethyl adjacent to an activating group) is 1. The number of hydrogen-bond donors (Lipinski definition) is 2. The zero-order chi connectivity index (χ0) is 14.1. The van der Waals surface area contributed by atoms with Crippen LogP contribution in [0.25, 0.3) is 0 Å². The first kappa shape index (κ1) is 15.2. The molecule has 102 valence electrons. The van der Waals surface area contributed by atoms with Crippen LogP contribution in [0.3, 0.4) is 0 Å². The van der Waals surface area contributed by atoms with Gasteiger partial charge in [-0.25, -0.2) is 0 Å².